The Morgan fingerprint density at radius 1 is 1.21 bits per heavy atom. The summed E-state index contributed by atoms with van der Waals surface area (Å²) in [5.41, 5.74) is 2.56. The number of thiazole rings is 1. The van der Waals surface area contributed by atoms with E-state index in [-0.39, 0.29) is 5.91 Å². The molecule has 0 saturated heterocycles. The Morgan fingerprint density at radius 2 is 2.04 bits per heavy atom. The van der Waals surface area contributed by atoms with Crippen LogP contribution in [-0.4, -0.2) is 23.0 Å². The molecule has 3 rings (SSSR count). The van der Waals surface area contributed by atoms with Crippen molar-refractivity contribution in [2.24, 2.45) is 0 Å². The standard InChI is InChI=1S/C18H17N3O2S/c1-23-16-9-14(7-8-19-16)11-20-18(22)15-12-24-17(21-15)10-13-5-3-2-4-6-13/h2-9,12H,10-11H2,1H3,(H,20,22). The molecular weight excluding hydrogens is 322 g/mol. The van der Waals surface area contributed by atoms with Crippen LogP contribution in [0.3, 0.4) is 0 Å². The van der Waals surface area contributed by atoms with Gasteiger partial charge in [0.1, 0.15) is 5.69 Å². The third-order valence-electron chi connectivity index (χ3n) is 3.44. The van der Waals surface area contributed by atoms with Crippen LogP contribution in [-0.2, 0) is 13.0 Å². The summed E-state index contributed by atoms with van der Waals surface area (Å²) in [7, 11) is 1.56. The molecule has 1 N–H and O–H groups in total. The molecule has 0 fully saturated rings. The van der Waals surface area contributed by atoms with Crippen molar-refractivity contribution in [3.63, 3.8) is 0 Å². The topological polar surface area (TPSA) is 64.1 Å². The van der Waals surface area contributed by atoms with Gasteiger partial charge in [-0.15, -0.1) is 11.3 Å². The molecule has 3 aromatic rings. The zero-order valence-corrected chi connectivity index (χ0v) is 14.0. The first-order valence-electron chi connectivity index (χ1n) is 7.50. The molecule has 0 bridgehead atoms. The lowest BCUT2D eigenvalue weighted by Gasteiger charge is -2.05. The number of hydrogen-bond donors (Lipinski definition) is 1. The molecule has 0 aliphatic carbocycles. The summed E-state index contributed by atoms with van der Waals surface area (Å²) in [6.45, 7) is 0.406. The molecule has 24 heavy (non-hydrogen) atoms. The number of benzene rings is 1. The second-order valence-corrected chi connectivity index (χ2v) is 6.12. The largest absolute Gasteiger partial charge is 0.481 e. The molecule has 0 atom stereocenters. The molecule has 0 radical (unpaired) electrons. The third-order valence-corrected chi connectivity index (χ3v) is 4.29. The van der Waals surface area contributed by atoms with Gasteiger partial charge in [0.2, 0.25) is 5.88 Å². The normalized spacial score (nSPS) is 10.4. The Labute approximate surface area is 144 Å². The predicted octanol–water partition coefficient (Wildman–Crippen LogP) is 3.07. The molecule has 0 unspecified atom stereocenters. The first-order chi connectivity index (χ1) is 11.7. The number of hydrogen-bond acceptors (Lipinski definition) is 5. The summed E-state index contributed by atoms with van der Waals surface area (Å²) in [5, 5.41) is 5.59. The van der Waals surface area contributed by atoms with E-state index in [0.29, 0.717) is 18.1 Å². The summed E-state index contributed by atoms with van der Waals surface area (Å²) in [4.78, 5) is 20.7. The molecule has 0 aliphatic heterocycles. The average Bonchev–Trinajstić information content (AvgIpc) is 3.09. The van der Waals surface area contributed by atoms with E-state index in [2.05, 4.69) is 27.4 Å². The number of rotatable bonds is 6. The smallest absolute Gasteiger partial charge is 0.271 e. The van der Waals surface area contributed by atoms with E-state index in [1.165, 1.54) is 16.9 Å². The maximum Gasteiger partial charge on any atom is 0.271 e. The average molecular weight is 339 g/mol. The number of aromatic nitrogens is 2. The summed E-state index contributed by atoms with van der Waals surface area (Å²) in [6, 6.07) is 13.7. The van der Waals surface area contributed by atoms with Crippen LogP contribution in [0.4, 0.5) is 0 Å². The van der Waals surface area contributed by atoms with Gasteiger partial charge in [-0.05, 0) is 17.2 Å². The van der Waals surface area contributed by atoms with Crippen LogP contribution < -0.4 is 10.1 Å². The summed E-state index contributed by atoms with van der Waals surface area (Å²) in [5.74, 6) is 0.349. The van der Waals surface area contributed by atoms with E-state index in [4.69, 9.17) is 4.74 Å². The summed E-state index contributed by atoms with van der Waals surface area (Å²) < 4.78 is 5.07. The fourth-order valence-corrected chi connectivity index (χ4v) is 3.02. The van der Waals surface area contributed by atoms with Crippen LogP contribution >= 0.6 is 11.3 Å². The van der Waals surface area contributed by atoms with Crippen molar-refractivity contribution in [2.75, 3.05) is 7.11 Å². The summed E-state index contributed by atoms with van der Waals surface area (Å²) in [6.07, 6.45) is 2.39. The maximum absolute atomic E-state index is 12.2. The molecule has 1 aromatic carbocycles. The minimum Gasteiger partial charge on any atom is -0.481 e. The number of ether oxygens (including phenoxy) is 1. The van der Waals surface area contributed by atoms with Crippen LogP contribution in [0.5, 0.6) is 5.88 Å². The van der Waals surface area contributed by atoms with Gasteiger partial charge in [-0.1, -0.05) is 30.3 Å². The lowest BCUT2D eigenvalue weighted by atomic mass is 10.2. The molecule has 1 amide bonds. The maximum atomic E-state index is 12.2. The van der Waals surface area contributed by atoms with Crippen molar-refractivity contribution in [3.8, 4) is 5.88 Å². The lowest BCUT2D eigenvalue weighted by molar-refractivity contribution is 0.0946. The van der Waals surface area contributed by atoms with E-state index < -0.39 is 0 Å². The van der Waals surface area contributed by atoms with Crippen LogP contribution in [0.2, 0.25) is 0 Å². The van der Waals surface area contributed by atoms with E-state index in [1.807, 2.05) is 24.3 Å². The van der Waals surface area contributed by atoms with Gasteiger partial charge in [0.05, 0.1) is 12.1 Å². The Bertz CT molecular complexity index is 818. The summed E-state index contributed by atoms with van der Waals surface area (Å²) >= 11 is 1.50. The van der Waals surface area contributed by atoms with Crippen LogP contribution in [0.25, 0.3) is 0 Å². The first kappa shape index (κ1) is 16.1. The SMILES string of the molecule is COc1cc(CNC(=O)c2csc(Cc3ccccc3)n2)ccn1. The van der Waals surface area contributed by atoms with E-state index in [1.54, 1.807) is 24.8 Å². The number of carbonyl (C=O) groups excluding carboxylic acids is 1. The highest BCUT2D eigenvalue weighted by Gasteiger charge is 2.11. The molecule has 122 valence electrons. The number of methoxy groups -OCH3 is 1. The van der Waals surface area contributed by atoms with Gasteiger partial charge in [0.25, 0.3) is 5.91 Å². The molecule has 0 saturated carbocycles. The van der Waals surface area contributed by atoms with E-state index in [0.717, 1.165) is 17.0 Å². The second kappa shape index (κ2) is 7.70. The predicted molar refractivity (Wildman–Crippen MR) is 93.3 cm³/mol. The molecule has 0 spiro atoms. The fraction of sp³-hybridized carbons (Fsp3) is 0.167. The quantitative estimate of drug-likeness (QED) is 0.750. The highest BCUT2D eigenvalue weighted by atomic mass is 32.1. The molecule has 2 heterocycles. The molecule has 2 aromatic heterocycles. The van der Waals surface area contributed by atoms with Gasteiger partial charge in [-0.25, -0.2) is 9.97 Å². The highest BCUT2D eigenvalue weighted by Crippen LogP contribution is 2.15. The van der Waals surface area contributed by atoms with Crippen LogP contribution in [0.15, 0.2) is 54.0 Å². The minimum absolute atomic E-state index is 0.179. The van der Waals surface area contributed by atoms with Gasteiger partial charge in [-0.2, -0.15) is 0 Å². The molecular formula is C18H17N3O2S. The molecule has 0 aliphatic rings. The Hall–Kier alpha value is -2.73. The monoisotopic (exact) mass is 339 g/mol. The van der Waals surface area contributed by atoms with Crippen molar-refractivity contribution in [2.45, 2.75) is 13.0 Å². The van der Waals surface area contributed by atoms with Gasteiger partial charge in [0, 0.05) is 30.6 Å². The molecule has 6 heteroatoms. The number of amides is 1. The fourth-order valence-electron chi connectivity index (χ4n) is 2.21. The molecule has 5 nitrogen and oxygen atoms in total. The van der Waals surface area contributed by atoms with Gasteiger partial charge in [0.15, 0.2) is 0 Å². The first-order valence-corrected chi connectivity index (χ1v) is 8.38. The number of nitrogens with one attached hydrogen (secondary N) is 1. The number of pyridine rings is 1. The zero-order valence-electron chi connectivity index (χ0n) is 13.2. The lowest BCUT2D eigenvalue weighted by Crippen LogP contribution is -2.23. The second-order valence-electron chi connectivity index (χ2n) is 5.18. The third kappa shape index (κ3) is 4.17. The highest BCUT2D eigenvalue weighted by molar-refractivity contribution is 7.09. The van der Waals surface area contributed by atoms with Crippen molar-refractivity contribution in [1.82, 2.24) is 15.3 Å². The minimum atomic E-state index is -0.179. The van der Waals surface area contributed by atoms with Crippen molar-refractivity contribution < 1.29 is 9.53 Å². The van der Waals surface area contributed by atoms with Gasteiger partial charge < -0.3 is 10.1 Å². The van der Waals surface area contributed by atoms with Gasteiger partial charge >= 0.3 is 0 Å². The zero-order chi connectivity index (χ0) is 16.8. The number of carbonyl (C=O) groups is 1. The van der Waals surface area contributed by atoms with Crippen molar-refractivity contribution >= 4 is 17.2 Å². The van der Waals surface area contributed by atoms with Crippen LogP contribution in [0, 0.1) is 0 Å². The van der Waals surface area contributed by atoms with Crippen molar-refractivity contribution in [3.05, 3.63) is 75.9 Å². The van der Waals surface area contributed by atoms with Crippen molar-refractivity contribution in [1.29, 1.82) is 0 Å². The number of nitrogens with zero attached hydrogens (tertiary/aromatic N) is 2. The van der Waals surface area contributed by atoms with Crippen LogP contribution in [0.1, 0.15) is 26.6 Å². The Balaban J connectivity index is 1.59. The van der Waals surface area contributed by atoms with E-state index >= 15 is 0 Å². The van der Waals surface area contributed by atoms with E-state index in [9.17, 15) is 4.79 Å². The van der Waals surface area contributed by atoms with Gasteiger partial charge in [-0.3, -0.25) is 4.79 Å². The Kier molecular flexibility index (Phi) is 5.18. The Morgan fingerprint density at radius 3 is 2.83 bits per heavy atom.